The second-order valence-corrected chi connectivity index (χ2v) is 23.4. The lowest BCUT2D eigenvalue weighted by Gasteiger charge is -2.26. The normalized spacial score (nSPS) is 13.3. The van der Waals surface area contributed by atoms with Gasteiger partial charge in [-0.2, -0.15) is 0 Å². The Hall–Kier alpha value is -3.79. The van der Waals surface area contributed by atoms with Crippen molar-refractivity contribution < 1.29 is 42.9 Å². The number of aliphatic carboxylic acids is 1. The zero-order valence-corrected chi connectivity index (χ0v) is 53.1. The molecule has 0 aromatic rings. The first-order valence-corrected chi connectivity index (χ1v) is 33.4. The standard InChI is InChI=1S/C72H125NO8/c1-6-8-10-12-14-16-18-20-22-24-26-28-30-32-33-34-35-36-37-39-41-43-45-47-49-51-53-55-57-59-61-63-70(75)81-68(67-80-72(71(76)77)78-65-64-73(3,4)5)66-79-69(74)62-60-58-56-54-52-50-48-46-44-42-40-38-31-29-27-25-23-21-19-17-15-13-11-9-7-2/h8,10,14,16,20,22,25-28,32-33,35-36,39,41,68,72H,6-7,9,11-13,15,17-19,21,23-24,29-31,34,37-38,40,42-67H2,1-5H3/b10-8-,16-14-,22-20-,27-25-,28-26-,33-32-,36-35-,41-39-. The number of unbranched alkanes of at least 4 members (excludes halogenated alkanes) is 30. The number of quaternary nitrogens is 1. The molecule has 0 aliphatic carbocycles. The van der Waals surface area contributed by atoms with Crippen molar-refractivity contribution in [3.8, 4) is 0 Å². The van der Waals surface area contributed by atoms with Crippen LogP contribution in [0.25, 0.3) is 0 Å². The summed E-state index contributed by atoms with van der Waals surface area (Å²) in [5.41, 5.74) is 0. The molecule has 2 unspecified atom stereocenters. The average molecular weight is 1130 g/mol. The van der Waals surface area contributed by atoms with Crippen molar-refractivity contribution in [2.75, 3.05) is 47.5 Å². The molecule has 0 radical (unpaired) electrons. The van der Waals surface area contributed by atoms with Gasteiger partial charge in [-0.05, 0) is 96.3 Å². The molecule has 0 aliphatic heterocycles. The number of esters is 2. The summed E-state index contributed by atoms with van der Waals surface area (Å²) in [6, 6.07) is 0. The summed E-state index contributed by atoms with van der Waals surface area (Å²) in [5, 5.41) is 11.8. The smallest absolute Gasteiger partial charge is 0.306 e. The summed E-state index contributed by atoms with van der Waals surface area (Å²) in [4.78, 5) is 37.4. The number of carboxylic acid groups (broad SMARTS) is 1. The molecular formula is C72H125NO8. The van der Waals surface area contributed by atoms with Gasteiger partial charge in [0.2, 0.25) is 0 Å². The van der Waals surface area contributed by atoms with Crippen LogP contribution in [-0.4, -0.2) is 82.3 Å². The van der Waals surface area contributed by atoms with Gasteiger partial charge in [0, 0.05) is 12.8 Å². The predicted octanol–water partition coefficient (Wildman–Crippen LogP) is 19.1. The molecule has 81 heavy (non-hydrogen) atoms. The van der Waals surface area contributed by atoms with E-state index < -0.39 is 24.3 Å². The quantitative estimate of drug-likeness (QED) is 0.0195. The van der Waals surface area contributed by atoms with Crippen LogP contribution in [0.2, 0.25) is 0 Å². The number of ether oxygens (including phenoxy) is 4. The lowest BCUT2D eigenvalue weighted by Crippen LogP contribution is -2.44. The largest absolute Gasteiger partial charge is 0.545 e. The third kappa shape index (κ3) is 63.6. The number of hydrogen-bond donors (Lipinski definition) is 0. The molecule has 0 spiro atoms. The third-order valence-electron chi connectivity index (χ3n) is 14.3. The molecule has 2 atom stereocenters. The molecule has 0 saturated heterocycles. The molecule has 0 fully saturated rings. The van der Waals surface area contributed by atoms with Gasteiger partial charge in [0.25, 0.3) is 0 Å². The Labute approximate surface area is 499 Å². The van der Waals surface area contributed by atoms with E-state index in [0.717, 1.165) is 89.9 Å². The Morgan fingerprint density at radius 3 is 1.06 bits per heavy atom. The van der Waals surface area contributed by atoms with Crippen LogP contribution in [0.1, 0.15) is 284 Å². The SMILES string of the molecule is CC/C=C\C/C=C\C/C=C\C/C=C\C/C=C\C/C=C\C/C=C\CCCCCCCCCCCC(=O)OC(COC(=O)CCCCCCCCCCCCCCC/C=C\CCCCCCCCCC)COC(OCC[N+](C)(C)C)C(=O)[O-]. The van der Waals surface area contributed by atoms with Crippen LogP contribution < -0.4 is 5.11 Å². The summed E-state index contributed by atoms with van der Waals surface area (Å²) in [6.45, 7) is 4.65. The first kappa shape index (κ1) is 77.2. The molecule has 0 aromatic heterocycles. The third-order valence-corrected chi connectivity index (χ3v) is 14.3. The monoisotopic (exact) mass is 1130 g/mol. The highest BCUT2D eigenvalue weighted by Gasteiger charge is 2.22. The number of carboxylic acids is 1. The van der Waals surface area contributed by atoms with E-state index in [-0.39, 0.29) is 38.6 Å². The van der Waals surface area contributed by atoms with E-state index in [4.69, 9.17) is 18.9 Å². The first-order valence-electron chi connectivity index (χ1n) is 33.4. The number of allylic oxidation sites excluding steroid dienone is 16. The molecule has 9 nitrogen and oxygen atoms in total. The van der Waals surface area contributed by atoms with Gasteiger partial charge in [-0.3, -0.25) is 9.59 Å². The first-order chi connectivity index (χ1) is 39.6. The molecule has 0 rings (SSSR count). The van der Waals surface area contributed by atoms with Crippen LogP contribution in [-0.2, 0) is 33.3 Å². The Morgan fingerprint density at radius 1 is 0.383 bits per heavy atom. The van der Waals surface area contributed by atoms with Crippen molar-refractivity contribution >= 4 is 17.9 Å². The number of rotatable bonds is 61. The van der Waals surface area contributed by atoms with Crippen LogP contribution in [0.5, 0.6) is 0 Å². The molecule has 0 saturated carbocycles. The highest BCUT2D eigenvalue weighted by Crippen LogP contribution is 2.17. The number of likely N-dealkylation sites (N-methyl/N-ethyl adjacent to an activating group) is 1. The molecular weight excluding hydrogens is 1010 g/mol. The lowest BCUT2D eigenvalue weighted by molar-refractivity contribution is -0.870. The Bertz CT molecular complexity index is 1650. The molecule has 0 aliphatic rings. The number of carbonyl (C=O) groups is 3. The minimum atomic E-state index is -1.63. The van der Waals surface area contributed by atoms with Crippen molar-refractivity contribution in [2.24, 2.45) is 0 Å². The van der Waals surface area contributed by atoms with Crippen molar-refractivity contribution in [2.45, 2.75) is 296 Å². The molecule has 9 heteroatoms. The number of hydrogen-bond acceptors (Lipinski definition) is 8. The lowest BCUT2D eigenvalue weighted by atomic mass is 10.0. The fourth-order valence-electron chi connectivity index (χ4n) is 9.22. The van der Waals surface area contributed by atoms with Crippen LogP contribution in [0.15, 0.2) is 97.2 Å². The number of carbonyl (C=O) groups excluding carboxylic acids is 3. The number of nitrogens with zero attached hydrogens (tertiary/aromatic N) is 1. The van der Waals surface area contributed by atoms with E-state index in [2.05, 4.69) is 111 Å². The molecule has 466 valence electrons. The van der Waals surface area contributed by atoms with E-state index >= 15 is 0 Å². The summed E-state index contributed by atoms with van der Waals surface area (Å²) >= 11 is 0. The molecule has 0 amide bonds. The van der Waals surface area contributed by atoms with Crippen molar-refractivity contribution in [1.29, 1.82) is 0 Å². The molecule has 0 bridgehead atoms. The Balaban J connectivity index is 4.19. The summed E-state index contributed by atoms with van der Waals surface area (Å²) in [5.74, 6) is -2.29. The fraction of sp³-hybridized carbons (Fsp3) is 0.736. The second kappa shape index (κ2) is 62.3. The zero-order valence-electron chi connectivity index (χ0n) is 53.1. The van der Waals surface area contributed by atoms with Crippen molar-refractivity contribution in [1.82, 2.24) is 0 Å². The topological polar surface area (TPSA) is 111 Å². The summed E-state index contributed by atoms with van der Waals surface area (Å²) in [6.07, 6.45) is 81.8. The minimum Gasteiger partial charge on any atom is -0.545 e. The van der Waals surface area contributed by atoms with E-state index in [1.807, 2.05) is 21.1 Å². The van der Waals surface area contributed by atoms with Gasteiger partial charge in [-0.25, -0.2) is 0 Å². The van der Waals surface area contributed by atoms with E-state index in [0.29, 0.717) is 17.4 Å². The summed E-state index contributed by atoms with van der Waals surface area (Å²) in [7, 11) is 5.93. The van der Waals surface area contributed by atoms with Crippen molar-refractivity contribution in [3.05, 3.63) is 97.2 Å². The highest BCUT2D eigenvalue weighted by atomic mass is 16.7. The van der Waals surface area contributed by atoms with Gasteiger partial charge < -0.3 is 33.3 Å². The average Bonchev–Trinajstić information content (AvgIpc) is 3.44. The van der Waals surface area contributed by atoms with Crippen LogP contribution in [0, 0.1) is 0 Å². The predicted molar refractivity (Wildman–Crippen MR) is 343 cm³/mol. The summed E-state index contributed by atoms with van der Waals surface area (Å²) < 4.78 is 22.8. The maximum absolute atomic E-state index is 12.9. The second-order valence-electron chi connectivity index (χ2n) is 23.4. The Kier molecular flexibility index (Phi) is 59.3. The minimum absolute atomic E-state index is 0.143. The van der Waals surface area contributed by atoms with Crippen molar-refractivity contribution in [3.63, 3.8) is 0 Å². The van der Waals surface area contributed by atoms with E-state index in [1.165, 1.54) is 161 Å². The van der Waals surface area contributed by atoms with Gasteiger partial charge in [-0.15, -0.1) is 0 Å². The van der Waals surface area contributed by atoms with Gasteiger partial charge in [0.1, 0.15) is 13.2 Å². The van der Waals surface area contributed by atoms with Crippen LogP contribution in [0.3, 0.4) is 0 Å². The zero-order chi connectivity index (χ0) is 59.1. The van der Waals surface area contributed by atoms with Gasteiger partial charge >= 0.3 is 11.9 Å². The highest BCUT2D eigenvalue weighted by molar-refractivity contribution is 5.70. The van der Waals surface area contributed by atoms with Crippen LogP contribution in [0.4, 0.5) is 0 Å². The van der Waals surface area contributed by atoms with E-state index in [9.17, 15) is 19.5 Å². The van der Waals surface area contributed by atoms with E-state index in [1.54, 1.807) is 0 Å². The molecule has 0 heterocycles. The van der Waals surface area contributed by atoms with Crippen LogP contribution >= 0.6 is 0 Å². The van der Waals surface area contributed by atoms with Gasteiger partial charge in [0.05, 0.1) is 40.3 Å². The Morgan fingerprint density at radius 2 is 0.704 bits per heavy atom. The maximum Gasteiger partial charge on any atom is 0.306 e. The van der Waals surface area contributed by atoms with Gasteiger partial charge in [0.15, 0.2) is 12.4 Å². The van der Waals surface area contributed by atoms with Gasteiger partial charge in [-0.1, -0.05) is 272 Å². The molecule has 0 aromatic carbocycles. The fourth-order valence-corrected chi connectivity index (χ4v) is 9.22. The maximum atomic E-state index is 12.9. The molecule has 0 N–H and O–H groups in total.